The number of sulfonamides is 1. The number of rotatable bonds is 2. The molecule has 0 saturated heterocycles. The Morgan fingerprint density at radius 1 is 1.23 bits per heavy atom. The molecular formula is C16H15ClFNO2S. The summed E-state index contributed by atoms with van der Waals surface area (Å²) in [5.41, 5.74) is 1.70. The molecule has 3 rings (SSSR count). The Morgan fingerprint density at radius 3 is 2.68 bits per heavy atom. The Labute approximate surface area is 134 Å². The van der Waals surface area contributed by atoms with Crippen molar-refractivity contribution in [2.24, 2.45) is 0 Å². The maximum atomic E-state index is 13.5. The van der Waals surface area contributed by atoms with Gasteiger partial charge >= 0.3 is 0 Å². The largest absolute Gasteiger partial charge is 0.245 e. The van der Waals surface area contributed by atoms with Crippen molar-refractivity contribution in [2.75, 3.05) is 6.54 Å². The van der Waals surface area contributed by atoms with Crippen LogP contribution in [0.5, 0.6) is 0 Å². The lowest BCUT2D eigenvalue weighted by atomic mass is 9.95. The number of hydrogen-bond donors (Lipinski definition) is 0. The highest BCUT2D eigenvalue weighted by molar-refractivity contribution is 7.89. The lowest BCUT2D eigenvalue weighted by Gasteiger charge is -2.34. The summed E-state index contributed by atoms with van der Waals surface area (Å²) in [5, 5.41) is 0.194. The molecule has 6 heteroatoms. The van der Waals surface area contributed by atoms with Crippen LogP contribution in [0.15, 0.2) is 47.4 Å². The Morgan fingerprint density at radius 2 is 1.95 bits per heavy atom. The van der Waals surface area contributed by atoms with Crippen molar-refractivity contribution in [2.45, 2.75) is 24.3 Å². The minimum Gasteiger partial charge on any atom is -0.207 e. The van der Waals surface area contributed by atoms with E-state index >= 15 is 0 Å². The second-order valence-corrected chi connectivity index (χ2v) is 7.58. The van der Waals surface area contributed by atoms with Crippen LogP contribution < -0.4 is 0 Å². The molecular weight excluding hydrogens is 325 g/mol. The summed E-state index contributed by atoms with van der Waals surface area (Å²) in [5.74, 6) is -0.359. The van der Waals surface area contributed by atoms with Crippen LogP contribution in [0, 0.1) is 5.82 Å². The minimum absolute atomic E-state index is 0.0865. The summed E-state index contributed by atoms with van der Waals surface area (Å²) in [6, 6.07) is 10.5. The molecule has 2 aromatic rings. The molecule has 3 nitrogen and oxygen atoms in total. The fourth-order valence-corrected chi connectivity index (χ4v) is 4.98. The molecule has 0 spiro atoms. The van der Waals surface area contributed by atoms with Crippen molar-refractivity contribution < 1.29 is 12.8 Å². The third-order valence-corrected chi connectivity index (χ3v) is 6.48. The summed E-state index contributed by atoms with van der Waals surface area (Å²) in [6.45, 7) is 2.12. The van der Waals surface area contributed by atoms with Gasteiger partial charge in [0.25, 0.3) is 0 Å². The predicted octanol–water partition coefficient (Wildman–Crippen LogP) is 3.79. The van der Waals surface area contributed by atoms with Crippen LogP contribution in [-0.2, 0) is 16.4 Å². The van der Waals surface area contributed by atoms with E-state index in [1.54, 1.807) is 31.2 Å². The Kier molecular flexibility index (Phi) is 3.97. The standard InChI is InChI=1S/C16H15ClFNO2S/c1-11-14-10-13(18)7-6-12(14)8-9-19(11)22(20,21)16-5-3-2-4-15(16)17/h2-7,10-11H,8-9H2,1H3. The van der Waals surface area contributed by atoms with E-state index in [2.05, 4.69) is 0 Å². The molecule has 0 amide bonds. The average molecular weight is 340 g/mol. The van der Waals surface area contributed by atoms with Crippen LogP contribution in [-0.4, -0.2) is 19.3 Å². The molecule has 116 valence electrons. The molecule has 0 N–H and O–H groups in total. The Hall–Kier alpha value is -1.43. The van der Waals surface area contributed by atoms with Gasteiger partial charge in [0, 0.05) is 12.6 Å². The highest BCUT2D eigenvalue weighted by Crippen LogP contribution is 2.35. The summed E-state index contributed by atoms with van der Waals surface area (Å²) in [4.78, 5) is 0.0865. The highest BCUT2D eigenvalue weighted by Gasteiger charge is 2.34. The van der Waals surface area contributed by atoms with Gasteiger partial charge in [-0.2, -0.15) is 4.31 Å². The van der Waals surface area contributed by atoms with Gasteiger partial charge in [0.1, 0.15) is 10.7 Å². The first-order valence-corrected chi connectivity index (χ1v) is 8.78. The van der Waals surface area contributed by atoms with Gasteiger partial charge in [0.2, 0.25) is 10.0 Å². The van der Waals surface area contributed by atoms with Gasteiger partial charge in [0.05, 0.1) is 5.02 Å². The summed E-state index contributed by atoms with van der Waals surface area (Å²) in [7, 11) is -3.72. The second-order valence-electron chi connectivity index (χ2n) is 5.32. The molecule has 0 bridgehead atoms. The first-order valence-electron chi connectivity index (χ1n) is 6.96. The van der Waals surface area contributed by atoms with Crippen molar-refractivity contribution in [1.29, 1.82) is 0 Å². The second kappa shape index (κ2) is 5.65. The smallest absolute Gasteiger partial charge is 0.207 e. The summed E-state index contributed by atoms with van der Waals surface area (Å²) >= 11 is 6.04. The molecule has 1 atom stereocenters. The summed E-state index contributed by atoms with van der Waals surface area (Å²) < 4.78 is 40.6. The molecule has 1 aliphatic rings. The maximum absolute atomic E-state index is 13.5. The molecule has 0 aliphatic carbocycles. The maximum Gasteiger partial charge on any atom is 0.245 e. The van der Waals surface area contributed by atoms with E-state index in [0.29, 0.717) is 18.5 Å². The van der Waals surface area contributed by atoms with Crippen molar-refractivity contribution in [3.05, 3.63) is 64.4 Å². The average Bonchev–Trinajstić information content (AvgIpc) is 2.48. The highest BCUT2D eigenvalue weighted by atomic mass is 35.5. The Bertz CT molecular complexity index is 823. The first-order chi connectivity index (χ1) is 10.4. The fraction of sp³-hybridized carbons (Fsp3) is 0.250. The molecule has 1 aliphatic heterocycles. The first kappa shape index (κ1) is 15.5. The minimum atomic E-state index is -3.72. The van der Waals surface area contributed by atoms with E-state index in [1.165, 1.54) is 22.5 Å². The monoisotopic (exact) mass is 339 g/mol. The molecule has 0 radical (unpaired) electrons. The van der Waals surface area contributed by atoms with E-state index in [0.717, 1.165) is 5.56 Å². The van der Waals surface area contributed by atoms with Crippen LogP contribution in [0.25, 0.3) is 0 Å². The van der Waals surface area contributed by atoms with Gasteiger partial charge in [-0.25, -0.2) is 12.8 Å². The SMILES string of the molecule is CC1c2cc(F)ccc2CCN1S(=O)(=O)c1ccccc1Cl. The quantitative estimate of drug-likeness (QED) is 0.834. The van der Waals surface area contributed by atoms with Gasteiger partial charge in [-0.15, -0.1) is 0 Å². The molecule has 22 heavy (non-hydrogen) atoms. The van der Waals surface area contributed by atoms with Crippen LogP contribution in [0.2, 0.25) is 5.02 Å². The van der Waals surface area contributed by atoms with E-state index in [9.17, 15) is 12.8 Å². The third-order valence-electron chi connectivity index (χ3n) is 4.01. The zero-order chi connectivity index (χ0) is 15.9. The Balaban J connectivity index is 2.05. The number of halogens is 2. The van der Waals surface area contributed by atoms with Crippen molar-refractivity contribution in [3.63, 3.8) is 0 Å². The van der Waals surface area contributed by atoms with E-state index < -0.39 is 16.1 Å². The third kappa shape index (κ3) is 2.53. The van der Waals surface area contributed by atoms with Gasteiger partial charge in [-0.1, -0.05) is 29.8 Å². The van der Waals surface area contributed by atoms with Crippen LogP contribution >= 0.6 is 11.6 Å². The fourth-order valence-electron chi connectivity index (χ4n) is 2.87. The summed E-state index contributed by atoms with van der Waals surface area (Å²) in [6.07, 6.45) is 0.559. The topological polar surface area (TPSA) is 37.4 Å². The lowest BCUT2D eigenvalue weighted by molar-refractivity contribution is 0.325. The van der Waals surface area contributed by atoms with E-state index in [4.69, 9.17) is 11.6 Å². The molecule has 1 unspecified atom stereocenters. The van der Waals surface area contributed by atoms with Gasteiger partial charge in [-0.3, -0.25) is 0 Å². The van der Waals surface area contributed by atoms with Crippen molar-refractivity contribution in [1.82, 2.24) is 4.31 Å². The van der Waals surface area contributed by atoms with Gasteiger partial charge in [-0.05, 0) is 48.7 Å². The van der Waals surface area contributed by atoms with Crippen molar-refractivity contribution >= 4 is 21.6 Å². The normalized spacial score (nSPS) is 19.0. The van der Waals surface area contributed by atoms with E-state index in [1.807, 2.05) is 0 Å². The van der Waals surface area contributed by atoms with E-state index in [-0.39, 0.29) is 15.7 Å². The van der Waals surface area contributed by atoms with Gasteiger partial charge < -0.3 is 0 Å². The number of hydrogen-bond acceptors (Lipinski definition) is 2. The molecule has 2 aromatic carbocycles. The van der Waals surface area contributed by atoms with Gasteiger partial charge in [0.15, 0.2) is 0 Å². The van der Waals surface area contributed by atoms with Crippen molar-refractivity contribution in [3.8, 4) is 0 Å². The van der Waals surface area contributed by atoms with Crippen LogP contribution in [0.4, 0.5) is 4.39 Å². The molecule has 1 heterocycles. The number of nitrogens with zero attached hydrogens (tertiary/aromatic N) is 1. The predicted molar refractivity (Wildman–Crippen MR) is 83.9 cm³/mol. The zero-order valence-corrected chi connectivity index (χ0v) is 13.5. The molecule has 0 aromatic heterocycles. The zero-order valence-electron chi connectivity index (χ0n) is 12.0. The number of benzene rings is 2. The molecule has 0 saturated carbocycles. The molecule has 0 fully saturated rings. The van der Waals surface area contributed by atoms with Crippen LogP contribution in [0.1, 0.15) is 24.1 Å². The number of fused-ring (bicyclic) bond motifs is 1. The lowest BCUT2D eigenvalue weighted by Crippen LogP contribution is -2.39. The van der Waals surface area contributed by atoms with Crippen LogP contribution in [0.3, 0.4) is 0 Å².